The number of hydrogen-bond donors (Lipinski definition) is 2. The number of rotatable bonds is 3. The Labute approximate surface area is 115 Å². The highest BCUT2D eigenvalue weighted by atomic mass is 19.4. The van der Waals surface area contributed by atoms with Gasteiger partial charge in [0.1, 0.15) is 0 Å². The topological polar surface area (TPSA) is 55.8 Å². The summed E-state index contributed by atoms with van der Waals surface area (Å²) in [7, 11) is 0. The van der Waals surface area contributed by atoms with E-state index in [0.29, 0.717) is 19.5 Å². The van der Waals surface area contributed by atoms with Gasteiger partial charge in [-0.3, -0.25) is 4.90 Å². The van der Waals surface area contributed by atoms with Gasteiger partial charge in [-0.25, -0.2) is 4.79 Å². The number of aliphatic hydroxyl groups is 1. The van der Waals surface area contributed by atoms with E-state index in [1.54, 1.807) is 4.90 Å². The zero-order chi connectivity index (χ0) is 14.8. The van der Waals surface area contributed by atoms with Crippen LogP contribution in [0.15, 0.2) is 0 Å². The lowest BCUT2D eigenvalue weighted by molar-refractivity contribution is -0.143. The van der Waals surface area contributed by atoms with Gasteiger partial charge in [0.15, 0.2) is 0 Å². The van der Waals surface area contributed by atoms with Crippen molar-refractivity contribution >= 4 is 6.03 Å². The second-order valence-electron chi connectivity index (χ2n) is 5.46. The Kier molecular flexibility index (Phi) is 4.74. The van der Waals surface area contributed by atoms with Crippen LogP contribution in [0.1, 0.15) is 19.3 Å². The zero-order valence-corrected chi connectivity index (χ0v) is 11.2. The third-order valence-electron chi connectivity index (χ3n) is 3.85. The molecule has 2 aliphatic rings. The molecule has 8 heteroatoms. The van der Waals surface area contributed by atoms with Crippen molar-refractivity contribution < 1.29 is 23.1 Å². The number of amides is 2. The number of urea groups is 1. The minimum atomic E-state index is -4.20. The minimum absolute atomic E-state index is 0.0711. The number of alkyl halides is 3. The van der Waals surface area contributed by atoms with E-state index in [4.69, 9.17) is 5.11 Å². The Morgan fingerprint density at radius 3 is 2.70 bits per heavy atom. The molecule has 2 saturated heterocycles. The number of likely N-dealkylation sites (tertiary alicyclic amines) is 2. The number of halogens is 3. The van der Waals surface area contributed by atoms with Crippen LogP contribution in [0, 0.1) is 0 Å². The van der Waals surface area contributed by atoms with Crippen LogP contribution < -0.4 is 5.32 Å². The second kappa shape index (κ2) is 6.17. The van der Waals surface area contributed by atoms with Gasteiger partial charge in [-0.05, 0) is 19.3 Å². The molecule has 2 N–H and O–H groups in total. The van der Waals surface area contributed by atoms with E-state index in [2.05, 4.69) is 5.32 Å². The van der Waals surface area contributed by atoms with E-state index in [0.717, 1.165) is 12.8 Å². The molecule has 0 saturated carbocycles. The highest BCUT2D eigenvalue weighted by Crippen LogP contribution is 2.21. The maximum atomic E-state index is 12.3. The Bertz CT molecular complexity index is 351. The summed E-state index contributed by atoms with van der Waals surface area (Å²) in [6.45, 7) is 0.160. The SMILES string of the molecule is O=C(NC1CCN(CC(F)(F)F)C1)N1CCCC1CO. The fourth-order valence-corrected chi connectivity index (χ4v) is 2.90. The lowest BCUT2D eigenvalue weighted by Gasteiger charge is -2.25. The minimum Gasteiger partial charge on any atom is -0.394 e. The van der Waals surface area contributed by atoms with Gasteiger partial charge < -0.3 is 15.3 Å². The molecule has 2 heterocycles. The molecule has 2 aliphatic heterocycles. The Morgan fingerprint density at radius 2 is 2.05 bits per heavy atom. The molecular formula is C12H20F3N3O2. The van der Waals surface area contributed by atoms with Crippen LogP contribution in [-0.4, -0.2) is 72.0 Å². The molecule has 0 aromatic heterocycles. The van der Waals surface area contributed by atoms with Gasteiger partial charge in [0.05, 0.1) is 19.2 Å². The van der Waals surface area contributed by atoms with Crippen molar-refractivity contribution in [2.45, 2.75) is 37.5 Å². The number of nitrogens with zero attached hydrogens (tertiary/aromatic N) is 2. The van der Waals surface area contributed by atoms with Gasteiger partial charge in [0.2, 0.25) is 0 Å². The lowest BCUT2D eigenvalue weighted by Crippen LogP contribution is -2.48. The van der Waals surface area contributed by atoms with Crippen LogP contribution >= 0.6 is 0 Å². The summed E-state index contributed by atoms with van der Waals surface area (Å²) in [6, 6.07) is -0.687. The molecule has 116 valence electrons. The predicted molar refractivity (Wildman–Crippen MR) is 66.2 cm³/mol. The summed E-state index contributed by atoms with van der Waals surface area (Å²) in [4.78, 5) is 14.9. The van der Waals surface area contributed by atoms with Gasteiger partial charge in [0, 0.05) is 25.7 Å². The standard InChI is InChI=1S/C12H20F3N3O2/c13-12(14,15)8-17-5-3-9(6-17)16-11(20)18-4-1-2-10(18)7-19/h9-10,19H,1-8H2,(H,16,20). The van der Waals surface area contributed by atoms with Crippen LogP contribution in [0.25, 0.3) is 0 Å². The molecule has 0 aliphatic carbocycles. The van der Waals surface area contributed by atoms with Crippen molar-refractivity contribution in [1.29, 1.82) is 0 Å². The smallest absolute Gasteiger partial charge is 0.394 e. The third-order valence-corrected chi connectivity index (χ3v) is 3.85. The fourth-order valence-electron chi connectivity index (χ4n) is 2.90. The van der Waals surface area contributed by atoms with Crippen LogP contribution in [-0.2, 0) is 0 Å². The molecule has 0 spiro atoms. The van der Waals surface area contributed by atoms with Crippen molar-refractivity contribution in [2.24, 2.45) is 0 Å². The van der Waals surface area contributed by atoms with Gasteiger partial charge in [0.25, 0.3) is 0 Å². The molecule has 20 heavy (non-hydrogen) atoms. The molecule has 2 rings (SSSR count). The summed E-state index contributed by atoms with van der Waals surface area (Å²) in [5.74, 6) is 0. The molecule has 2 atom stereocenters. The zero-order valence-electron chi connectivity index (χ0n) is 11.2. The van der Waals surface area contributed by atoms with E-state index in [1.807, 2.05) is 0 Å². The van der Waals surface area contributed by atoms with Gasteiger partial charge >= 0.3 is 12.2 Å². The highest BCUT2D eigenvalue weighted by molar-refractivity contribution is 5.75. The Balaban J connectivity index is 1.78. The quantitative estimate of drug-likeness (QED) is 0.809. The monoisotopic (exact) mass is 295 g/mol. The lowest BCUT2D eigenvalue weighted by atomic mass is 10.2. The van der Waals surface area contributed by atoms with Crippen molar-refractivity contribution in [2.75, 3.05) is 32.8 Å². The summed E-state index contributed by atoms with van der Waals surface area (Å²) < 4.78 is 36.8. The number of carbonyl (C=O) groups is 1. The second-order valence-corrected chi connectivity index (χ2v) is 5.46. The van der Waals surface area contributed by atoms with Crippen molar-refractivity contribution in [3.05, 3.63) is 0 Å². The fraction of sp³-hybridized carbons (Fsp3) is 0.917. The molecule has 5 nitrogen and oxygen atoms in total. The van der Waals surface area contributed by atoms with Gasteiger partial charge in [-0.15, -0.1) is 0 Å². The first-order valence-corrected chi connectivity index (χ1v) is 6.86. The van der Waals surface area contributed by atoms with Crippen LogP contribution in [0.4, 0.5) is 18.0 Å². The molecule has 0 radical (unpaired) electrons. The summed E-state index contributed by atoms with van der Waals surface area (Å²) in [5.41, 5.74) is 0. The third kappa shape index (κ3) is 3.99. The molecule has 0 bridgehead atoms. The average molecular weight is 295 g/mol. The van der Waals surface area contributed by atoms with Gasteiger partial charge in [-0.1, -0.05) is 0 Å². The normalized spacial score (nSPS) is 28.1. The maximum absolute atomic E-state index is 12.3. The number of carbonyl (C=O) groups excluding carboxylic acids is 1. The number of aliphatic hydroxyl groups excluding tert-OH is 1. The maximum Gasteiger partial charge on any atom is 0.401 e. The number of hydrogen-bond acceptors (Lipinski definition) is 3. The Morgan fingerprint density at radius 1 is 1.30 bits per heavy atom. The first-order valence-electron chi connectivity index (χ1n) is 6.86. The average Bonchev–Trinajstić information content (AvgIpc) is 2.95. The molecule has 2 amide bonds. The molecular weight excluding hydrogens is 275 g/mol. The van der Waals surface area contributed by atoms with Crippen molar-refractivity contribution in [1.82, 2.24) is 15.1 Å². The Hall–Kier alpha value is -1.02. The molecule has 0 aromatic rings. The van der Waals surface area contributed by atoms with Crippen molar-refractivity contribution in [3.8, 4) is 0 Å². The predicted octanol–water partition coefficient (Wildman–Crippen LogP) is 0.789. The largest absolute Gasteiger partial charge is 0.401 e. The molecule has 2 unspecified atom stereocenters. The van der Waals surface area contributed by atoms with E-state index in [9.17, 15) is 18.0 Å². The van der Waals surface area contributed by atoms with Crippen LogP contribution in [0.2, 0.25) is 0 Å². The van der Waals surface area contributed by atoms with Crippen molar-refractivity contribution in [3.63, 3.8) is 0 Å². The number of nitrogens with one attached hydrogen (secondary N) is 1. The molecule has 0 aromatic carbocycles. The van der Waals surface area contributed by atoms with Crippen LogP contribution in [0.3, 0.4) is 0 Å². The summed E-state index contributed by atoms with van der Waals surface area (Å²) in [6.07, 6.45) is -2.05. The first kappa shape index (κ1) is 15.4. The van der Waals surface area contributed by atoms with E-state index in [1.165, 1.54) is 4.90 Å². The van der Waals surface area contributed by atoms with E-state index >= 15 is 0 Å². The highest BCUT2D eigenvalue weighted by Gasteiger charge is 2.36. The molecule has 2 fully saturated rings. The summed E-state index contributed by atoms with van der Waals surface area (Å²) in [5, 5.41) is 11.9. The first-order chi connectivity index (χ1) is 9.39. The van der Waals surface area contributed by atoms with E-state index in [-0.39, 0.29) is 31.3 Å². The van der Waals surface area contributed by atoms with E-state index < -0.39 is 12.7 Å². The summed E-state index contributed by atoms with van der Waals surface area (Å²) >= 11 is 0. The van der Waals surface area contributed by atoms with Crippen LogP contribution in [0.5, 0.6) is 0 Å². The van der Waals surface area contributed by atoms with Gasteiger partial charge in [-0.2, -0.15) is 13.2 Å².